The van der Waals surface area contributed by atoms with Gasteiger partial charge in [0.25, 0.3) is 10.0 Å². The third-order valence-corrected chi connectivity index (χ3v) is 10.5. The van der Waals surface area contributed by atoms with E-state index in [1.165, 1.54) is 24.1 Å². The van der Waals surface area contributed by atoms with E-state index in [-0.39, 0.29) is 35.5 Å². The average molecular weight is 674 g/mol. The van der Waals surface area contributed by atoms with Crippen LogP contribution < -0.4 is 14.4 Å². The highest BCUT2D eigenvalue weighted by atomic mass is 35.5. The van der Waals surface area contributed by atoms with Crippen molar-refractivity contribution in [2.75, 3.05) is 18.0 Å². The minimum atomic E-state index is -4.25. The standard InChI is InChI=1S/C37H40ClN3O5S/c1-27-17-22-35(46-2)33(23-27)41(47(44,45)32-15-7-4-8-16-32)26-36(42)40(25-29-18-20-30(38)21-19-29)34(24-28-11-5-3-6-12-28)37(43)39-31-13-9-10-14-31/h3-8,11-12,15-23,31,34H,9-10,13-14,24-26H2,1-2H3,(H,39,43)/t34-/m1/s1. The summed E-state index contributed by atoms with van der Waals surface area (Å²) in [4.78, 5) is 30.4. The highest BCUT2D eigenvalue weighted by Crippen LogP contribution is 2.34. The summed E-state index contributed by atoms with van der Waals surface area (Å²) >= 11 is 6.18. The van der Waals surface area contributed by atoms with Crippen molar-refractivity contribution in [3.05, 3.63) is 125 Å². The summed E-state index contributed by atoms with van der Waals surface area (Å²) in [6.07, 6.45) is 4.08. The first-order valence-electron chi connectivity index (χ1n) is 15.8. The molecule has 1 fully saturated rings. The molecule has 0 saturated heterocycles. The summed E-state index contributed by atoms with van der Waals surface area (Å²) in [5.41, 5.74) is 2.64. The Kier molecular flexibility index (Phi) is 11.2. The quantitative estimate of drug-likeness (QED) is 0.174. The molecule has 1 N–H and O–H groups in total. The van der Waals surface area contributed by atoms with E-state index in [1.54, 1.807) is 54.6 Å². The molecule has 8 nitrogen and oxygen atoms in total. The molecule has 246 valence electrons. The van der Waals surface area contributed by atoms with Crippen LogP contribution in [-0.4, -0.2) is 50.9 Å². The number of rotatable bonds is 13. The zero-order valence-electron chi connectivity index (χ0n) is 26.6. The second-order valence-electron chi connectivity index (χ2n) is 11.8. The number of methoxy groups -OCH3 is 1. The highest BCUT2D eigenvalue weighted by Gasteiger charge is 2.36. The number of nitrogens with one attached hydrogen (secondary N) is 1. The first kappa shape index (κ1) is 34.0. The lowest BCUT2D eigenvalue weighted by atomic mass is 10.0. The van der Waals surface area contributed by atoms with Gasteiger partial charge >= 0.3 is 0 Å². The topological polar surface area (TPSA) is 96.0 Å². The van der Waals surface area contributed by atoms with Gasteiger partial charge in [-0.05, 0) is 72.9 Å². The zero-order chi connectivity index (χ0) is 33.4. The number of benzene rings is 4. The Morgan fingerprint density at radius 2 is 1.53 bits per heavy atom. The first-order valence-corrected chi connectivity index (χ1v) is 17.6. The van der Waals surface area contributed by atoms with Crippen molar-refractivity contribution in [2.45, 2.75) is 62.6 Å². The van der Waals surface area contributed by atoms with Crippen molar-refractivity contribution in [1.29, 1.82) is 0 Å². The van der Waals surface area contributed by atoms with Crippen LogP contribution in [0.3, 0.4) is 0 Å². The number of hydrogen-bond acceptors (Lipinski definition) is 5. The number of carbonyl (C=O) groups is 2. The second-order valence-corrected chi connectivity index (χ2v) is 14.1. The smallest absolute Gasteiger partial charge is 0.264 e. The predicted octanol–water partition coefficient (Wildman–Crippen LogP) is 6.55. The van der Waals surface area contributed by atoms with E-state index in [0.29, 0.717) is 10.8 Å². The van der Waals surface area contributed by atoms with Gasteiger partial charge < -0.3 is 15.0 Å². The minimum Gasteiger partial charge on any atom is -0.495 e. The van der Waals surface area contributed by atoms with E-state index in [1.807, 2.05) is 43.3 Å². The number of sulfonamides is 1. The molecule has 0 unspecified atom stereocenters. The molecule has 4 aromatic carbocycles. The number of carbonyl (C=O) groups excluding carboxylic acids is 2. The fraction of sp³-hybridized carbons (Fsp3) is 0.297. The van der Waals surface area contributed by atoms with Crippen molar-refractivity contribution in [3.63, 3.8) is 0 Å². The highest BCUT2D eigenvalue weighted by molar-refractivity contribution is 7.92. The average Bonchev–Trinajstić information content (AvgIpc) is 3.59. The molecule has 0 heterocycles. The normalized spacial score (nSPS) is 13.9. The van der Waals surface area contributed by atoms with Crippen molar-refractivity contribution in [3.8, 4) is 5.75 Å². The van der Waals surface area contributed by atoms with Gasteiger partial charge in [-0.15, -0.1) is 0 Å². The van der Waals surface area contributed by atoms with E-state index in [2.05, 4.69) is 5.32 Å². The molecular formula is C37H40ClN3O5S. The van der Waals surface area contributed by atoms with E-state index < -0.39 is 28.5 Å². The van der Waals surface area contributed by atoms with Gasteiger partial charge in [0.15, 0.2) is 0 Å². The summed E-state index contributed by atoms with van der Waals surface area (Å²) in [6, 6.07) is 28.9. The largest absolute Gasteiger partial charge is 0.495 e. The summed E-state index contributed by atoms with van der Waals surface area (Å²) in [7, 11) is -2.79. The van der Waals surface area contributed by atoms with Gasteiger partial charge in [0.2, 0.25) is 11.8 Å². The summed E-state index contributed by atoms with van der Waals surface area (Å²) < 4.78 is 35.3. The predicted molar refractivity (Wildman–Crippen MR) is 185 cm³/mol. The van der Waals surface area contributed by atoms with Crippen LogP contribution in [0, 0.1) is 6.92 Å². The van der Waals surface area contributed by atoms with Crippen LogP contribution in [0.5, 0.6) is 5.75 Å². The summed E-state index contributed by atoms with van der Waals surface area (Å²) in [5, 5.41) is 3.73. The molecular weight excluding hydrogens is 634 g/mol. The van der Waals surface area contributed by atoms with Gasteiger partial charge in [0, 0.05) is 24.0 Å². The fourth-order valence-corrected chi connectivity index (χ4v) is 7.50. The van der Waals surface area contributed by atoms with Crippen LogP contribution in [-0.2, 0) is 32.6 Å². The van der Waals surface area contributed by atoms with Crippen molar-refractivity contribution in [2.24, 2.45) is 0 Å². The maximum absolute atomic E-state index is 14.7. The van der Waals surface area contributed by atoms with Crippen LogP contribution in [0.1, 0.15) is 42.4 Å². The second kappa shape index (κ2) is 15.5. The number of nitrogens with zero attached hydrogens (tertiary/aromatic N) is 2. The van der Waals surface area contributed by atoms with E-state index in [9.17, 15) is 18.0 Å². The lowest BCUT2D eigenvalue weighted by Gasteiger charge is -2.34. The van der Waals surface area contributed by atoms with Crippen LogP contribution in [0.25, 0.3) is 0 Å². The molecule has 0 bridgehead atoms. The lowest BCUT2D eigenvalue weighted by molar-refractivity contribution is -0.140. The van der Waals surface area contributed by atoms with Crippen molar-refractivity contribution < 1.29 is 22.7 Å². The Balaban J connectivity index is 1.59. The molecule has 47 heavy (non-hydrogen) atoms. The maximum Gasteiger partial charge on any atom is 0.264 e. The lowest BCUT2D eigenvalue weighted by Crippen LogP contribution is -2.54. The Morgan fingerprint density at radius 3 is 2.17 bits per heavy atom. The van der Waals surface area contributed by atoms with Crippen molar-refractivity contribution in [1.82, 2.24) is 10.2 Å². The number of aryl methyl sites for hydroxylation is 1. The molecule has 1 aliphatic carbocycles. The summed E-state index contributed by atoms with van der Waals surface area (Å²) in [6.45, 7) is 1.34. The van der Waals surface area contributed by atoms with Gasteiger partial charge in [-0.3, -0.25) is 13.9 Å². The first-order chi connectivity index (χ1) is 22.7. The van der Waals surface area contributed by atoms with Gasteiger partial charge in [-0.1, -0.05) is 91.2 Å². The van der Waals surface area contributed by atoms with Gasteiger partial charge in [0.05, 0.1) is 17.7 Å². The maximum atomic E-state index is 14.7. The third kappa shape index (κ3) is 8.53. The number of ether oxygens (including phenoxy) is 1. The molecule has 1 saturated carbocycles. The van der Waals surface area contributed by atoms with Crippen LogP contribution in [0.4, 0.5) is 5.69 Å². The Bertz CT molecular complexity index is 1760. The minimum absolute atomic E-state index is 0.0276. The number of halogens is 1. The Morgan fingerprint density at radius 1 is 0.894 bits per heavy atom. The molecule has 1 atom stereocenters. The molecule has 0 aromatic heterocycles. The molecule has 0 radical (unpaired) electrons. The van der Waals surface area contributed by atoms with Crippen LogP contribution in [0.2, 0.25) is 5.02 Å². The van der Waals surface area contributed by atoms with Gasteiger partial charge in [-0.2, -0.15) is 0 Å². The number of hydrogen-bond donors (Lipinski definition) is 1. The number of amides is 2. The van der Waals surface area contributed by atoms with Crippen LogP contribution in [0.15, 0.2) is 108 Å². The number of anilines is 1. The molecule has 5 rings (SSSR count). The molecule has 0 spiro atoms. The third-order valence-electron chi connectivity index (χ3n) is 8.45. The fourth-order valence-electron chi connectivity index (χ4n) is 5.94. The van der Waals surface area contributed by atoms with Crippen molar-refractivity contribution >= 4 is 39.1 Å². The molecule has 1 aliphatic rings. The molecule has 4 aromatic rings. The molecule has 0 aliphatic heterocycles. The molecule has 10 heteroatoms. The van der Waals surface area contributed by atoms with E-state index in [4.69, 9.17) is 16.3 Å². The SMILES string of the molecule is COc1ccc(C)cc1N(CC(=O)N(Cc1ccc(Cl)cc1)[C@H](Cc1ccccc1)C(=O)NC1CCCC1)S(=O)(=O)c1ccccc1. The monoisotopic (exact) mass is 673 g/mol. The zero-order valence-corrected chi connectivity index (χ0v) is 28.2. The van der Waals surface area contributed by atoms with Gasteiger partial charge in [-0.25, -0.2) is 8.42 Å². The van der Waals surface area contributed by atoms with Gasteiger partial charge in [0.1, 0.15) is 18.3 Å². The van der Waals surface area contributed by atoms with E-state index in [0.717, 1.165) is 46.7 Å². The Hall–Kier alpha value is -4.34. The van der Waals surface area contributed by atoms with Crippen LogP contribution >= 0.6 is 11.6 Å². The summed E-state index contributed by atoms with van der Waals surface area (Å²) in [5.74, 6) is -0.508. The molecule has 2 amide bonds. The Labute approximate surface area is 282 Å². The van der Waals surface area contributed by atoms with E-state index >= 15 is 0 Å².